The highest BCUT2D eigenvalue weighted by atomic mass is 35.5. The lowest BCUT2D eigenvalue weighted by molar-refractivity contribution is 0.543. The molecule has 8 heteroatoms. The van der Waals surface area contributed by atoms with Crippen LogP contribution in [0.2, 0.25) is 5.02 Å². The number of rotatable bonds is 1. The molecular weight excluding hydrogens is 242 g/mol. The van der Waals surface area contributed by atoms with Crippen LogP contribution in [0, 0.1) is 18.7 Å². The van der Waals surface area contributed by atoms with E-state index in [1.165, 1.54) is 6.92 Å². The van der Waals surface area contributed by atoms with E-state index < -0.39 is 28.3 Å². The second kappa shape index (κ2) is 3.67. The molecule has 2 heterocycles. The summed E-state index contributed by atoms with van der Waals surface area (Å²) >= 11 is 5.33. The van der Waals surface area contributed by atoms with Gasteiger partial charge in [0, 0.05) is 6.07 Å². The van der Waals surface area contributed by atoms with Gasteiger partial charge in [0.05, 0.1) is 5.02 Å². The van der Waals surface area contributed by atoms with Gasteiger partial charge in [0.1, 0.15) is 5.82 Å². The maximum Gasteiger partial charge on any atom is 0.349 e. The molecule has 0 atom stereocenters. The summed E-state index contributed by atoms with van der Waals surface area (Å²) in [6.07, 6.45) is 0. The van der Waals surface area contributed by atoms with Crippen molar-refractivity contribution in [3.05, 3.63) is 39.2 Å². The van der Waals surface area contributed by atoms with E-state index in [4.69, 9.17) is 11.6 Å². The van der Waals surface area contributed by atoms with Gasteiger partial charge in [-0.25, -0.2) is 9.18 Å². The summed E-state index contributed by atoms with van der Waals surface area (Å²) in [5, 5.41) is 3.19. The van der Waals surface area contributed by atoms with E-state index in [9.17, 15) is 13.6 Å². The van der Waals surface area contributed by atoms with E-state index in [1.54, 1.807) is 0 Å². The number of hydrogen-bond donors (Lipinski definition) is 1. The third-order valence-electron chi connectivity index (χ3n) is 1.80. The molecule has 2 aromatic rings. The molecule has 0 fully saturated rings. The number of nitrogens with one attached hydrogen (secondary N) is 1. The minimum atomic E-state index is -1.06. The van der Waals surface area contributed by atoms with Gasteiger partial charge in [0.2, 0.25) is 5.95 Å². The number of hydrogen-bond acceptors (Lipinski definition) is 3. The second-order valence-corrected chi connectivity index (χ2v) is 3.40. The molecule has 0 amide bonds. The molecular formula is C8H5ClF2N4O. The Morgan fingerprint density at radius 3 is 2.75 bits per heavy atom. The Morgan fingerprint density at radius 2 is 2.19 bits per heavy atom. The maximum atomic E-state index is 13.4. The molecule has 0 aromatic carbocycles. The predicted molar refractivity (Wildman–Crippen MR) is 51.6 cm³/mol. The topological polar surface area (TPSA) is 63.6 Å². The van der Waals surface area contributed by atoms with Gasteiger partial charge in [0.15, 0.2) is 11.6 Å². The first-order chi connectivity index (χ1) is 7.49. The molecule has 5 nitrogen and oxygen atoms in total. The van der Waals surface area contributed by atoms with Gasteiger partial charge in [-0.1, -0.05) is 11.6 Å². The summed E-state index contributed by atoms with van der Waals surface area (Å²) < 4.78 is 27.0. The van der Waals surface area contributed by atoms with Crippen molar-refractivity contribution in [2.24, 2.45) is 0 Å². The zero-order chi connectivity index (χ0) is 11.9. The van der Waals surface area contributed by atoms with Crippen LogP contribution in [-0.2, 0) is 0 Å². The quantitative estimate of drug-likeness (QED) is 0.769. The summed E-state index contributed by atoms with van der Waals surface area (Å²) in [5.74, 6) is -2.26. The molecule has 0 radical (unpaired) electrons. The molecule has 1 N–H and O–H groups in total. The highest BCUT2D eigenvalue weighted by molar-refractivity contribution is 6.30. The Balaban J connectivity index is 2.69. The van der Waals surface area contributed by atoms with Gasteiger partial charge in [-0.2, -0.15) is 14.1 Å². The fraction of sp³-hybridized carbons (Fsp3) is 0.125. The lowest BCUT2D eigenvalue weighted by atomic mass is 10.4. The number of aryl methyl sites for hydroxylation is 1. The van der Waals surface area contributed by atoms with Gasteiger partial charge in [-0.3, -0.25) is 4.98 Å². The van der Waals surface area contributed by atoms with E-state index in [0.717, 1.165) is 6.07 Å². The molecule has 0 unspecified atom stereocenters. The van der Waals surface area contributed by atoms with Crippen LogP contribution < -0.4 is 5.69 Å². The van der Waals surface area contributed by atoms with Crippen LogP contribution >= 0.6 is 11.6 Å². The van der Waals surface area contributed by atoms with Crippen LogP contribution in [0.15, 0.2) is 10.9 Å². The molecule has 2 aromatic heterocycles. The number of nitrogens with zero attached hydrogens (tertiary/aromatic N) is 3. The smallest absolute Gasteiger partial charge is 0.293 e. The van der Waals surface area contributed by atoms with E-state index >= 15 is 0 Å². The van der Waals surface area contributed by atoms with E-state index in [1.807, 2.05) is 0 Å². The van der Waals surface area contributed by atoms with Crippen LogP contribution in [0.1, 0.15) is 5.82 Å². The van der Waals surface area contributed by atoms with Crippen molar-refractivity contribution in [3.8, 4) is 5.82 Å². The van der Waals surface area contributed by atoms with Crippen molar-refractivity contribution < 1.29 is 8.78 Å². The number of aromatic nitrogens is 4. The minimum Gasteiger partial charge on any atom is -0.293 e. The predicted octanol–water partition coefficient (Wildman–Crippen LogP) is 1.20. The zero-order valence-electron chi connectivity index (χ0n) is 7.96. The summed E-state index contributed by atoms with van der Waals surface area (Å²) in [7, 11) is 0. The van der Waals surface area contributed by atoms with Gasteiger partial charge in [-0.05, 0) is 6.92 Å². The average molecular weight is 247 g/mol. The highest BCUT2D eigenvalue weighted by Gasteiger charge is 2.15. The minimum absolute atomic E-state index is 0.265. The van der Waals surface area contributed by atoms with E-state index in [-0.39, 0.29) is 5.82 Å². The Bertz CT molecular complexity index is 607. The number of H-pyrrole nitrogens is 1. The zero-order valence-corrected chi connectivity index (χ0v) is 8.72. The van der Waals surface area contributed by atoms with Crippen molar-refractivity contribution in [3.63, 3.8) is 0 Å². The van der Waals surface area contributed by atoms with E-state index in [0.29, 0.717) is 4.68 Å². The summed E-state index contributed by atoms with van der Waals surface area (Å²) in [6, 6.07) is 0.732. The molecule has 84 valence electrons. The lowest BCUT2D eigenvalue weighted by Gasteiger charge is -2.01. The van der Waals surface area contributed by atoms with Crippen LogP contribution in [0.25, 0.3) is 5.82 Å². The summed E-state index contributed by atoms with van der Waals surface area (Å²) in [5.41, 5.74) is -0.703. The van der Waals surface area contributed by atoms with Gasteiger partial charge >= 0.3 is 5.69 Å². The first kappa shape index (κ1) is 10.7. The highest BCUT2D eigenvalue weighted by Crippen LogP contribution is 2.17. The largest absolute Gasteiger partial charge is 0.349 e. The van der Waals surface area contributed by atoms with Crippen LogP contribution in [0.5, 0.6) is 0 Å². The molecule has 0 bridgehead atoms. The average Bonchev–Trinajstić information content (AvgIpc) is 2.51. The number of halogens is 3. The Morgan fingerprint density at radius 1 is 1.50 bits per heavy atom. The maximum absolute atomic E-state index is 13.4. The number of pyridine rings is 1. The summed E-state index contributed by atoms with van der Waals surface area (Å²) in [6.45, 7) is 1.50. The fourth-order valence-corrected chi connectivity index (χ4v) is 1.29. The summed E-state index contributed by atoms with van der Waals surface area (Å²) in [4.78, 5) is 16.8. The van der Waals surface area contributed by atoms with Gasteiger partial charge in [-0.15, -0.1) is 5.10 Å². The van der Waals surface area contributed by atoms with Crippen molar-refractivity contribution in [1.82, 2.24) is 19.7 Å². The molecule has 16 heavy (non-hydrogen) atoms. The third kappa shape index (κ3) is 1.69. The van der Waals surface area contributed by atoms with Crippen molar-refractivity contribution in [2.75, 3.05) is 0 Å². The standard InChI is InChI=1S/C8H5ClF2N4O/c1-3-12-8(16)15(14-3)7-5(10)2-4(9)6(11)13-7/h2H,1H3,(H,12,14,16). The van der Waals surface area contributed by atoms with Crippen LogP contribution in [0.4, 0.5) is 8.78 Å². The van der Waals surface area contributed by atoms with E-state index in [2.05, 4.69) is 15.1 Å². The normalized spacial score (nSPS) is 10.8. The molecule has 0 saturated heterocycles. The SMILES string of the molecule is Cc1nn(-c2nc(F)c(Cl)cc2F)c(=O)[nH]1. The molecule has 0 spiro atoms. The molecule has 2 rings (SSSR count). The Hall–Kier alpha value is -1.76. The Kier molecular flexibility index (Phi) is 2.47. The molecule has 0 aliphatic heterocycles. The van der Waals surface area contributed by atoms with Crippen LogP contribution in [-0.4, -0.2) is 19.7 Å². The fourth-order valence-electron chi connectivity index (χ4n) is 1.16. The first-order valence-electron chi connectivity index (χ1n) is 4.17. The molecule has 0 aliphatic rings. The van der Waals surface area contributed by atoms with Crippen molar-refractivity contribution in [1.29, 1.82) is 0 Å². The second-order valence-electron chi connectivity index (χ2n) is 2.99. The van der Waals surface area contributed by atoms with Crippen LogP contribution in [0.3, 0.4) is 0 Å². The molecule has 0 saturated carbocycles. The van der Waals surface area contributed by atoms with Gasteiger partial charge < -0.3 is 0 Å². The monoisotopic (exact) mass is 246 g/mol. The lowest BCUT2D eigenvalue weighted by Crippen LogP contribution is -2.19. The third-order valence-corrected chi connectivity index (χ3v) is 2.06. The van der Waals surface area contributed by atoms with Gasteiger partial charge in [0.25, 0.3) is 0 Å². The van der Waals surface area contributed by atoms with Crippen molar-refractivity contribution in [2.45, 2.75) is 6.92 Å². The number of aromatic amines is 1. The van der Waals surface area contributed by atoms with Crippen molar-refractivity contribution >= 4 is 11.6 Å². The molecule has 0 aliphatic carbocycles. The Labute approximate surface area is 92.7 Å². The first-order valence-corrected chi connectivity index (χ1v) is 4.54.